The standard InChI is InChI=1S/C8H15NO4S/c1-6(11)9-7(8(12)13)5-14-4-2-3-10/h7,10H,2-5H2,1H3,(H,9,11)(H,12,13)/p-1. The van der Waals surface area contributed by atoms with Crippen LogP contribution in [0.25, 0.3) is 0 Å². The summed E-state index contributed by atoms with van der Waals surface area (Å²) in [6.07, 6.45) is 0.616. The van der Waals surface area contributed by atoms with Gasteiger partial charge in [-0.25, -0.2) is 0 Å². The van der Waals surface area contributed by atoms with E-state index in [1.165, 1.54) is 18.7 Å². The SMILES string of the molecule is CC(=O)NC(CSCCCO)C(=O)[O-]. The molecule has 2 N–H and O–H groups in total. The highest BCUT2D eigenvalue weighted by Gasteiger charge is 2.10. The number of rotatable bonds is 7. The molecule has 82 valence electrons. The van der Waals surface area contributed by atoms with E-state index in [9.17, 15) is 14.7 Å². The number of amides is 1. The van der Waals surface area contributed by atoms with E-state index in [1.54, 1.807) is 0 Å². The van der Waals surface area contributed by atoms with Gasteiger partial charge in [0.2, 0.25) is 5.91 Å². The van der Waals surface area contributed by atoms with Crippen LogP contribution in [-0.2, 0) is 9.59 Å². The van der Waals surface area contributed by atoms with Crippen molar-refractivity contribution in [2.45, 2.75) is 19.4 Å². The van der Waals surface area contributed by atoms with Crippen molar-refractivity contribution in [3.63, 3.8) is 0 Å². The van der Waals surface area contributed by atoms with Crippen LogP contribution >= 0.6 is 11.8 Å². The molecule has 1 amide bonds. The zero-order chi connectivity index (χ0) is 11.0. The molecule has 0 aromatic carbocycles. The first-order valence-corrected chi connectivity index (χ1v) is 5.40. The summed E-state index contributed by atoms with van der Waals surface area (Å²) >= 11 is 1.36. The maximum absolute atomic E-state index is 10.6. The normalized spacial score (nSPS) is 12.1. The van der Waals surface area contributed by atoms with Gasteiger partial charge >= 0.3 is 0 Å². The van der Waals surface area contributed by atoms with Crippen molar-refractivity contribution in [1.82, 2.24) is 5.32 Å². The minimum atomic E-state index is -1.28. The molecule has 0 saturated carbocycles. The zero-order valence-corrected chi connectivity index (χ0v) is 8.80. The first-order valence-electron chi connectivity index (χ1n) is 4.24. The Morgan fingerprint density at radius 3 is 2.64 bits per heavy atom. The molecule has 0 spiro atoms. The topological polar surface area (TPSA) is 89.5 Å². The van der Waals surface area contributed by atoms with Crippen LogP contribution in [0.2, 0.25) is 0 Å². The Balaban J connectivity index is 3.74. The van der Waals surface area contributed by atoms with Gasteiger partial charge in [-0.05, 0) is 12.2 Å². The van der Waals surface area contributed by atoms with E-state index < -0.39 is 12.0 Å². The first kappa shape index (κ1) is 13.2. The predicted octanol–water partition coefficient (Wildman–Crippen LogP) is -1.64. The first-order chi connectivity index (χ1) is 6.57. The summed E-state index contributed by atoms with van der Waals surface area (Å²) in [7, 11) is 0. The Labute approximate surface area is 86.9 Å². The molecule has 1 atom stereocenters. The predicted molar refractivity (Wildman–Crippen MR) is 51.6 cm³/mol. The van der Waals surface area contributed by atoms with E-state index in [0.29, 0.717) is 12.2 Å². The third kappa shape index (κ3) is 6.73. The van der Waals surface area contributed by atoms with Crippen molar-refractivity contribution in [2.24, 2.45) is 0 Å². The van der Waals surface area contributed by atoms with Gasteiger partial charge in [-0.15, -0.1) is 0 Å². The molecule has 0 saturated heterocycles. The Bertz CT molecular complexity index is 198. The highest BCUT2D eigenvalue weighted by Crippen LogP contribution is 2.04. The fourth-order valence-electron chi connectivity index (χ4n) is 0.782. The van der Waals surface area contributed by atoms with Crippen molar-refractivity contribution in [1.29, 1.82) is 0 Å². The van der Waals surface area contributed by atoms with E-state index >= 15 is 0 Å². The van der Waals surface area contributed by atoms with Crippen molar-refractivity contribution < 1.29 is 19.8 Å². The maximum atomic E-state index is 10.6. The van der Waals surface area contributed by atoms with Gasteiger partial charge in [-0.2, -0.15) is 11.8 Å². The van der Waals surface area contributed by atoms with E-state index in [0.717, 1.165) is 0 Å². The summed E-state index contributed by atoms with van der Waals surface area (Å²) in [5.41, 5.74) is 0. The number of carboxylic acids is 1. The minimum Gasteiger partial charge on any atom is -0.548 e. The van der Waals surface area contributed by atoms with Crippen LogP contribution in [0.3, 0.4) is 0 Å². The zero-order valence-electron chi connectivity index (χ0n) is 7.99. The van der Waals surface area contributed by atoms with Gasteiger partial charge in [0.1, 0.15) is 0 Å². The molecular weight excluding hydrogens is 206 g/mol. The second kappa shape index (κ2) is 7.64. The number of aliphatic carboxylic acids is 1. The summed E-state index contributed by atoms with van der Waals surface area (Å²) in [6, 6.07) is -0.948. The highest BCUT2D eigenvalue weighted by molar-refractivity contribution is 7.99. The molecular formula is C8H14NO4S-. The average Bonchev–Trinajstić information content (AvgIpc) is 2.09. The van der Waals surface area contributed by atoms with Crippen LogP contribution < -0.4 is 10.4 Å². The number of hydrogen-bond acceptors (Lipinski definition) is 5. The minimum absolute atomic E-state index is 0.0864. The molecule has 1 unspecified atom stereocenters. The monoisotopic (exact) mass is 220 g/mol. The van der Waals surface area contributed by atoms with E-state index in [2.05, 4.69) is 5.32 Å². The molecule has 0 aromatic heterocycles. The number of carboxylic acid groups (broad SMARTS) is 1. The number of thioether (sulfide) groups is 1. The smallest absolute Gasteiger partial charge is 0.217 e. The summed E-state index contributed by atoms with van der Waals surface area (Å²) in [5, 5.41) is 21.3. The van der Waals surface area contributed by atoms with Gasteiger partial charge in [-0.1, -0.05) is 0 Å². The number of nitrogens with one attached hydrogen (secondary N) is 1. The molecule has 0 radical (unpaired) electrons. The molecule has 0 heterocycles. The lowest BCUT2D eigenvalue weighted by Gasteiger charge is -2.18. The summed E-state index contributed by atoms with van der Waals surface area (Å²) < 4.78 is 0. The van der Waals surface area contributed by atoms with Crippen LogP contribution in [0, 0.1) is 0 Å². The van der Waals surface area contributed by atoms with Crippen LogP contribution in [0.5, 0.6) is 0 Å². The summed E-state index contributed by atoms with van der Waals surface area (Å²) in [4.78, 5) is 21.1. The van der Waals surface area contributed by atoms with Gasteiger partial charge in [0, 0.05) is 19.3 Å². The molecule has 0 aliphatic rings. The Hall–Kier alpha value is -0.750. The van der Waals surface area contributed by atoms with Crippen LogP contribution in [0.4, 0.5) is 0 Å². The van der Waals surface area contributed by atoms with Gasteiger partial charge < -0.3 is 20.3 Å². The third-order valence-corrected chi connectivity index (χ3v) is 2.54. The quantitative estimate of drug-likeness (QED) is 0.502. The lowest BCUT2D eigenvalue weighted by molar-refractivity contribution is -0.307. The number of aliphatic hydroxyl groups excluding tert-OH is 1. The number of hydrogen-bond donors (Lipinski definition) is 2. The van der Waals surface area contributed by atoms with Crippen LogP contribution in [0.15, 0.2) is 0 Å². The molecule has 0 aliphatic carbocycles. The molecule has 6 heteroatoms. The lowest BCUT2D eigenvalue weighted by atomic mass is 10.3. The fourth-order valence-corrected chi connectivity index (χ4v) is 1.74. The number of aliphatic hydroxyl groups is 1. The third-order valence-electron chi connectivity index (χ3n) is 1.39. The van der Waals surface area contributed by atoms with Crippen LogP contribution in [0.1, 0.15) is 13.3 Å². The molecule has 0 bridgehead atoms. The molecule has 0 fully saturated rings. The van der Waals surface area contributed by atoms with E-state index in [-0.39, 0.29) is 18.3 Å². The van der Waals surface area contributed by atoms with Crippen molar-refractivity contribution in [2.75, 3.05) is 18.1 Å². The molecule has 0 aromatic rings. The Kier molecular flexibility index (Phi) is 7.23. The van der Waals surface area contributed by atoms with Gasteiger partial charge in [0.05, 0.1) is 12.0 Å². The Morgan fingerprint density at radius 2 is 2.21 bits per heavy atom. The lowest BCUT2D eigenvalue weighted by Crippen LogP contribution is -2.48. The summed E-state index contributed by atoms with van der Waals surface area (Å²) in [5.74, 6) is -0.736. The second-order valence-corrected chi connectivity index (χ2v) is 3.87. The molecule has 0 rings (SSSR count). The molecule has 5 nitrogen and oxygen atoms in total. The van der Waals surface area contributed by atoms with Crippen molar-refractivity contribution in [3.05, 3.63) is 0 Å². The van der Waals surface area contributed by atoms with E-state index in [4.69, 9.17) is 5.11 Å². The number of carbonyl (C=O) groups is 2. The fraction of sp³-hybridized carbons (Fsp3) is 0.750. The van der Waals surface area contributed by atoms with E-state index in [1.807, 2.05) is 0 Å². The molecule has 0 aliphatic heterocycles. The Morgan fingerprint density at radius 1 is 1.57 bits per heavy atom. The highest BCUT2D eigenvalue weighted by atomic mass is 32.2. The van der Waals surface area contributed by atoms with Crippen molar-refractivity contribution in [3.8, 4) is 0 Å². The average molecular weight is 220 g/mol. The number of carbonyl (C=O) groups excluding carboxylic acids is 2. The second-order valence-electron chi connectivity index (χ2n) is 2.72. The largest absolute Gasteiger partial charge is 0.548 e. The van der Waals surface area contributed by atoms with Crippen LogP contribution in [-0.4, -0.2) is 41.1 Å². The van der Waals surface area contributed by atoms with Gasteiger partial charge in [0.15, 0.2) is 0 Å². The molecule has 14 heavy (non-hydrogen) atoms. The van der Waals surface area contributed by atoms with Crippen molar-refractivity contribution >= 4 is 23.6 Å². The maximum Gasteiger partial charge on any atom is 0.217 e. The van der Waals surface area contributed by atoms with Gasteiger partial charge in [-0.3, -0.25) is 4.79 Å². The summed E-state index contributed by atoms with van der Waals surface area (Å²) in [6.45, 7) is 1.34. The van der Waals surface area contributed by atoms with Gasteiger partial charge in [0.25, 0.3) is 0 Å².